The molecule has 0 N–H and O–H groups in total. The molecule has 0 bridgehead atoms. The van der Waals surface area contributed by atoms with Gasteiger partial charge in [-0.3, -0.25) is 4.84 Å². The predicted octanol–water partition coefficient (Wildman–Crippen LogP) is 1.18. The van der Waals surface area contributed by atoms with Gasteiger partial charge in [0.1, 0.15) is 6.04 Å². The highest BCUT2D eigenvalue weighted by molar-refractivity contribution is 4.75. The maximum Gasteiger partial charge on any atom is 0.406 e. The lowest BCUT2D eigenvalue weighted by Crippen LogP contribution is -2.37. The lowest BCUT2D eigenvalue weighted by Gasteiger charge is -2.19. The molecule has 0 amide bonds. The molecule has 1 aliphatic rings. The Labute approximate surface area is 56.5 Å². The standard InChI is InChI=1S/C5H8F3NO/c1-9-4(2-3-10-9)5(6,7)8/h4H,2-3H2,1H3. The normalized spacial score (nSPS) is 29.4. The maximum atomic E-state index is 11.9. The molecular weight excluding hydrogens is 147 g/mol. The van der Waals surface area contributed by atoms with Crippen LogP contribution in [-0.4, -0.2) is 30.9 Å². The fraction of sp³-hybridized carbons (Fsp3) is 1.00. The van der Waals surface area contributed by atoms with Crippen molar-refractivity contribution in [2.75, 3.05) is 13.7 Å². The van der Waals surface area contributed by atoms with Gasteiger partial charge in [-0.25, -0.2) is 0 Å². The summed E-state index contributed by atoms with van der Waals surface area (Å²) in [6.07, 6.45) is -4.11. The highest BCUT2D eigenvalue weighted by Crippen LogP contribution is 2.29. The number of hydrogen-bond donors (Lipinski definition) is 0. The third-order valence-electron chi connectivity index (χ3n) is 1.50. The van der Waals surface area contributed by atoms with E-state index in [4.69, 9.17) is 0 Å². The van der Waals surface area contributed by atoms with E-state index in [1.165, 1.54) is 7.05 Å². The van der Waals surface area contributed by atoms with E-state index in [9.17, 15) is 13.2 Å². The Bertz CT molecular complexity index is 125. The highest BCUT2D eigenvalue weighted by atomic mass is 19.4. The van der Waals surface area contributed by atoms with Gasteiger partial charge in [0, 0.05) is 7.05 Å². The average molecular weight is 155 g/mol. The molecule has 1 fully saturated rings. The van der Waals surface area contributed by atoms with Gasteiger partial charge in [-0.2, -0.15) is 18.2 Å². The first kappa shape index (κ1) is 7.81. The second-order valence-electron chi connectivity index (χ2n) is 2.23. The Morgan fingerprint density at radius 1 is 1.50 bits per heavy atom. The third kappa shape index (κ3) is 1.41. The van der Waals surface area contributed by atoms with Crippen LogP contribution in [0.15, 0.2) is 0 Å². The maximum absolute atomic E-state index is 11.9. The molecule has 1 saturated heterocycles. The molecule has 5 heteroatoms. The summed E-state index contributed by atoms with van der Waals surface area (Å²) in [6, 6.07) is -1.41. The number of nitrogens with zero attached hydrogens (tertiary/aromatic N) is 1. The van der Waals surface area contributed by atoms with Crippen LogP contribution in [-0.2, 0) is 4.84 Å². The second-order valence-corrected chi connectivity index (χ2v) is 2.23. The molecule has 0 spiro atoms. The highest BCUT2D eigenvalue weighted by Gasteiger charge is 2.45. The van der Waals surface area contributed by atoms with Gasteiger partial charge in [-0.1, -0.05) is 0 Å². The predicted molar refractivity (Wildman–Crippen MR) is 28.2 cm³/mol. The van der Waals surface area contributed by atoms with E-state index >= 15 is 0 Å². The van der Waals surface area contributed by atoms with Crippen LogP contribution in [0, 0.1) is 0 Å². The molecule has 2 nitrogen and oxygen atoms in total. The second kappa shape index (κ2) is 2.39. The fourth-order valence-electron chi connectivity index (χ4n) is 0.950. The lowest BCUT2D eigenvalue weighted by molar-refractivity contribution is -0.224. The molecular formula is C5H8F3NO. The quantitative estimate of drug-likeness (QED) is 0.521. The van der Waals surface area contributed by atoms with E-state index in [0.717, 1.165) is 5.06 Å². The van der Waals surface area contributed by atoms with Gasteiger partial charge < -0.3 is 0 Å². The minimum Gasteiger partial charge on any atom is -0.299 e. The van der Waals surface area contributed by atoms with Crippen molar-refractivity contribution in [2.24, 2.45) is 0 Å². The van der Waals surface area contributed by atoms with Crippen LogP contribution >= 0.6 is 0 Å². The number of rotatable bonds is 0. The number of halogens is 3. The van der Waals surface area contributed by atoms with E-state index in [2.05, 4.69) is 4.84 Å². The molecule has 60 valence electrons. The van der Waals surface area contributed by atoms with E-state index in [-0.39, 0.29) is 13.0 Å². The van der Waals surface area contributed by atoms with Crippen LogP contribution in [0.25, 0.3) is 0 Å². The van der Waals surface area contributed by atoms with E-state index in [1.54, 1.807) is 0 Å². The van der Waals surface area contributed by atoms with Gasteiger partial charge in [0.2, 0.25) is 0 Å². The van der Waals surface area contributed by atoms with Gasteiger partial charge in [0.05, 0.1) is 6.61 Å². The summed E-state index contributed by atoms with van der Waals surface area (Å²) in [5.74, 6) is 0. The smallest absolute Gasteiger partial charge is 0.299 e. The minimum atomic E-state index is -4.15. The Balaban J connectivity index is 2.55. The molecule has 0 aromatic carbocycles. The summed E-state index contributed by atoms with van der Waals surface area (Å²) < 4.78 is 35.7. The van der Waals surface area contributed by atoms with Crippen LogP contribution < -0.4 is 0 Å². The number of hydrogen-bond acceptors (Lipinski definition) is 2. The van der Waals surface area contributed by atoms with Crippen molar-refractivity contribution in [1.82, 2.24) is 5.06 Å². The van der Waals surface area contributed by atoms with Crippen molar-refractivity contribution in [3.8, 4) is 0 Å². The van der Waals surface area contributed by atoms with Gasteiger partial charge in [-0.15, -0.1) is 0 Å². The zero-order valence-electron chi connectivity index (χ0n) is 5.48. The minimum absolute atomic E-state index is 0.0417. The van der Waals surface area contributed by atoms with E-state index in [1.807, 2.05) is 0 Å². The van der Waals surface area contributed by atoms with Crippen LogP contribution in [0.1, 0.15) is 6.42 Å². The van der Waals surface area contributed by atoms with Gasteiger partial charge in [0.25, 0.3) is 0 Å². The topological polar surface area (TPSA) is 12.5 Å². The van der Waals surface area contributed by atoms with Crippen molar-refractivity contribution < 1.29 is 18.0 Å². The van der Waals surface area contributed by atoms with Crippen LogP contribution in [0.5, 0.6) is 0 Å². The van der Waals surface area contributed by atoms with Crippen molar-refractivity contribution in [3.05, 3.63) is 0 Å². The van der Waals surface area contributed by atoms with Crippen LogP contribution in [0.4, 0.5) is 13.2 Å². The third-order valence-corrected chi connectivity index (χ3v) is 1.50. The van der Waals surface area contributed by atoms with E-state index < -0.39 is 12.2 Å². The zero-order valence-corrected chi connectivity index (χ0v) is 5.48. The first-order valence-corrected chi connectivity index (χ1v) is 2.94. The molecule has 10 heavy (non-hydrogen) atoms. The molecule has 0 saturated carbocycles. The molecule has 1 aliphatic heterocycles. The lowest BCUT2D eigenvalue weighted by atomic mass is 10.2. The fourth-order valence-corrected chi connectivity index (χ4v) is 0.950. The molecule has 0 aromatic rings. The summed E-state index contributed by atoms with van der Waals surface area (Å²) in [5, 5.41) is 0.861. The molecule has 0 aromatic heterocycles. The Morgan fingerprint density at radius 3 is 2.30 bits per heavy atom. The number of hydroxylamine groups is 2. The molecule has 1 unspecified atom stereocenters. The van der Waals surface area contributed by atoms with Crippen molar-refractivity contribution in [2.45, 2.75) is 18.6 Å². The Morgan fingerprint density at radius 2 is 2.10 bits per heavy atom. The summed E-state index contributed by atoms with van der Waals surface area (Å²) in [5.41, 5.74) is 0. The Hall–Kier alpha value is -0.290. The summed E-state index contributed by atoms with van der Waals surface area (Å²) in [6.45, 7) is 0.167. The molecule has 1 heterocycles. The summed E-state index contributed by atoms with van der Waals surface area (Å²) >= 11 is 0. The van der Waals surface area contributed by atoms with Crippen molar-refractivity contribution in [3.63, 3.8) is 0 Å². The molecule has 1 atom stereocenters. The van der Waals surface area contributed by atoms with Crippen LogP contribution in [0.2, 0.25) is 0 Å². The zero-order chi connectivity index (χ0) is 7.78. The number of alkyl halides is 3. The van der Waals surface area contributed by atoms with E-state index in [0.29, 0.717) is 0 Å². The molecule has 1 rings (SSSR count). The van der Waals surface area contributed by atoms with Gasteiger partial charge in [-0.05, 0) is 6.42 Å². The molecule has 0 radical (unpaired) electrons. The Kier molecular flexibility index (Phi) is 1.87. The summed E-state index contributed by atoms with van der Waals surface area (Å²) in [7, 11) is 1.30. The SMILES string of the molecule is CN1OCCC1C(F)(F)F. The first-order valence-electron chi connectivity index (χ1n) is 2.94. The van der Waals surface area contributed by atoms with Crippen molar-refractivity contribution >= 4 is 0 Å². The van der Waals surface area contributed by atoms with Crippen molar-refractivity contribution in [1.29, 1.82) is 0 Å². The largest absolute Gasteiger partial charge is 0.406 e. The monoisotopic (exact) mass is 155 g/mol. The van der Waals surface area contributed by atoms with Gasteiger partial charge >= 0.3 is 6.18 Å². The van der Waals surface area contributed by atoms with Gasteiger partial charge in [0.15, 0.2) is 0 Å². The average Bonchev–Trinajstić information content (AvgIpc) is 2.11. The first-order chi connectivity index (χ1) is 4.52. The molecule has 0 aliphatic carbocycles. The summed E-state index contributed by atoms with van der Waals surface area (Å²) in [4.78, 5) is 4.61. The van der Waals surface area contributed by atoms with Crippen LogP contribution in [0.3, 0.4) is 0 Å².